The number of hydrogen-bond donors (Lipinski definition) is 1. The summed E-state index contributed by atoms with van der Waals surface area (Å²) >= 11 is 0. The molecule has 0 radical (unpaired) electrons. The molecule has 3 aromatic rings. The Balaban J connectivity index is 1.27. The fourth-order valence-electron chi connectivity index (χ4n) is 6.92. The maximum atomic E-state index is 16.1. The normalized spacial score (nSPS) is 28.7. The first kappa shape index (κ1) is 24.9. The zero-order valence-electron chi connectivity index (χ0n) is 22.0. The third-order valence-electron chi connectivity index (χ3n) is 8.75. The van der Waals surface area contributed by atoms with E-state index in [4.69, 9.17) is 4.74 Å². The largest absolute Gasteiger partial charge is 0.507 e. The van der Waals surface area contributed by atoms with Crippen molar-refractivity contribution in [3.8, 4) is 34.1 Å². The van der Waals surface area contributed by atoms with Crippen LogP contribution in [0.3, 0.4) is 0 Å². The number of methoxy groups -OCH3 is 1. The van der Waals surface area contributed by atoms with E-state index in [0.29, 0.717) is 22.5 Å². The maximum Gasteiger partial charge on any atom is 0.250 e. The zero-order valence-corrected chi connectivity index (χ0v) is 22.0. The number of pyridine rings is 1. The lowest BCUT2D eigenvalue weighted by Crippen LogP contribution is -2.58. The number of phenols is 1. The zero-order chi connectivity index (χ0) is 26.7. The van der Waals surface area contributed by atoms with Gasteiger partial charge >= 0.3 is 0 Å². The van der Waals surface area contributed by atoms with Crippen LogP contribution in [-0.2, 0) is 0 Å². The molecule has 0 saturated heterocycles. The van der Waals surface area contributed by atoms with Crippen molar-refractivity contribution in [3.63, 3.8) is 0 Å². The molecule has 1 N–H and O–H groups in total. The number of fused-ring (bicyclic) bond motifs is 2. The van der Waals surface area contributed by atoms with Crippen LogP contribution in [0.1, 0.15) is 58.8 Å². The van der Waals surface area contributed by atoms with Gasteiger partial charge in [0, 0.05) is 23.2 Å². The minimum Gasteiger partial charge on any atom is -0.507 e. The molecular weight excluding hydrogens is 488 g/mol. The average molecular weight is 522 g/mol. The summed E-state index contributed by atoms with van der Waals surface area (Å²) < 4.78 is 35.0. The molecule has 4 atom stereocenters. The lowest BCUT2D eigenvalue weighted by Gasteiger charge is -2.56. The van der Waals surface area contributed by atoms with Gasteiger partial charge in [-0.05, 0) is 67.7 Å². The first-order chi connectivity index (χ1) is 18.2. The van der Waals surface area contributed by atoms with E-state index >= 15 is 4.39 Å². The number of anilines is 1. The molecule has 2 aromatic heterocycles. The van der Waals surface area contributed by atoms with Crippen LogP contribution < -0.4 is 9.64 Å². The highest BCUT2D eigenvalue weighted by Gasteiger charge is 2.56. The van der Waals surface area contributed by atoms with Crippen LogP contribution in [0.2, 0.25) is 0 Å². The van der Waals surface area contributed by atoms with E-state index in [-0.39, 0.29) is 40.4 Å². The number of benzene rings is 1. The van der Waals surface area contributed by atoms with Crippen molar-refractivity contribution in [2.75, 3.05) is 12.0 Å². The Kier molecular flexibility index (Phi) is 6.00. The van der Waals surface area contributed by atoms with E-state index in [1.165, 1.54) is 25.4 Å². The van der Waals surface area contributed by atoms with Gasteiger partial charge in [-0.2, -0.15) is 0 Å². The van der Waals surface area contributed by atoms with Crippen LogP contribution in [0.15, 0.2) is 36.7 Å². The van der Waals surface area contributed by atoms with Crippen LogP contribution in [0.5, 0.6) is 11.6 Å². The van der Waals surface area contributed by atoms with E-state index in [9.17, 15) is 9.50 Å². The van der Waals surface area contributed by atoms with Crippen LogP contribution in [0, 0.1) is 16.6 Å². The van der Waals surface area contributed by atoms with Gasteiger partial charge in [0.2, 0.25) is 5.88 Å². The standard InChI is InChI=1S/C29H33F2N5O2/c1-28-9-4-10-29(2,16-28)25(31)22(13-28)36(19-6-7-19)24-15-32-26(35-34-24)20-8-5-17(12-23(20)37)18-11-21(30)27(38-3)33-14-18/h5,8,11-12,14-15,19,22,25,37H,4,6-7,9-10,13,16H2,1-3H3/t22-,25-,28-,29-/m1/s1. The van der Waals surface area contributed by atoms with Crippen molar-refractivity contribution in [3.05, 3.63) is 42.5 Å². The van der Waals surface area contributed by atoms with Gasteiger partial charge in [0.25, 0.3) is 0 Å². The third-order valence-corrected chi connectivity index (χ3v) is 8.75. The van der Waals surface area contributed by atoms with E-state index in [2.05, 4.69) is 38.9 Å². The molecule has 0 amide bonds. The van der Waals surface area contributed by atoms with Crippen molar-refractivity contribution < 1.29 is 18.6 Å². The predicted octanol–water partition coefficient (Wildman–Crippen LogP) is 6.12. The molecule has 3 fully saturated rings. The van der Waals surface area contributed by atoms with Crippen LogP contribution >= 0.6 is 0 Å². The first-order valence-electron chi connectivity index (χ1n) is 13.4. The summed E-state index contributed by atoms with van der Waals surface area (Å²) in [6, 6.07) is 6.25. The number of ether oxygens (including phenoxy) is 1. The molecule has 2 heterocycles. The van der Waals surface area contributed by atoms with Crippen molar-refractivity contribution in [1.82, 2.24) is 20.2 Å². The van der Waals surface area contributed by atoms with Crippen molar-refractivity contribution >= 4 is 5.82 Å². The van der Waals surface area contributed by atoms with Crippen molar-refractivity contribution in [1.29, 1.82) is 0 Å². The number of hydrogen-bond acceptors (Lipinski definition) is 7. The summed E-state index contributed by atoms with van der Waals surface area (Å²) in [7, 11) is 1.35. The Hall–Kier alpha value is -3.36. The second-order valence-electron chi connectivity index (χ2n) is 11.9. The minimum absolute atomic E-state index is 0.0582. The quantitative estimate of drug-likeness (QED) is 0.418. The molecule has 3 saturated carbocycles. The van der Waals surface area contributed by atoms with Gasteiger partial charge in [-0.15, -0.1) is 10.2 Å². The van der Waals surface area contributed by atoms with Crippen LogP contribution in [0.4, 0.5) is 14.6 Å². The van der Waals surface area contributed by atoms with Gasteiger partial charge in [0.1, 0.15) is 11.9 Å². The number of aromatic nitrogens is 4. The molecule has 0 spiro atoms. The highest BCUT2D eigenvalue weighted by Crippen LogP contribution is 2.58. The van der Waals surface area contributed by atoms with Crippen LogP contribution in [0.25, 0.3) is 22.5 Å². The molecule has 0 unspecified atom stereocenters. The van der Waals surface area contributed by atoms with Gasteiger partial charge in [-0.3, -0.25) is 0 Å². The maximum absolute atomic E-state index is 16.1. The Morgan fingerprint density at radius 1 is 1.05 bits per heavy atom. The van der Waals surface area contributed by atoms with Gasteiger partial charge in [0.05, 0.1) is 24.9 Å². The molecule has 7 nitrogen and oxygen atoms in total. The molecule has 200 valence electrons. The van der Waals surface area contributed by atoms with Crippen molar-refractivity contribution in [2.24, 2.45) is 10.8 Å². The van der Waals surface area contributed by atoms with Crippen LogP contribution in [-0.4, -0.2) is 50.6 Å². The number of phenolic OH excluding ortho intramolecular Hbond substituents is 1. The fourth-order valence-corrected chi connectivity index (χ4v) is 6.92. The van der Waals surface area contributed by atoms with Crippen molar-refractivity contribution in [2.45, 2.75) is 77.0 Å². The fraction of sp³-hybridized carbons (Fsp3) is 0.517. The summed E-state index contributed by atoms with van der Waals surface area (Å²) in [5, 5.41) is 19.5. The highest BCUT2D eigenvalue weighted by atomic mass is 19.1. The molecule has 6 rings (SSSR count). The Labute approximate surface area is 221 Å². The minimum atomic E-state index is -0.924. The number of nitrogens with zero attached hydrogens (tertiary/aromatic N) is 5. The Morgan fingerprint density at radius 2 is 1.87 bits per heavy atom. The second kappa shape index (κ2) is 9.13. The van der Waals surface area contributed by atoms with E-state index in [0.717, 1.165) is 44.9 Å². The molecule has 1 aromatic carbocycles. The van der Waals surface area contributed by atoms with Gasteiger partial charge in [0.15, 0.2) is 17.5 Å². The second-order valence-corrected chi connectivity index (χ2v) is 11.9. The van der Waals surface area contributed by atoms with E-state index in [1.54, 1.807) is 18.3 Å². The summed E-state index contributed by atoms with van der Waals surface area (Å²) in [6.07, 6.45) is 9.15. The topological polar surface area (TPSA) is 84.3 Å². The summed E-state index contributed by atoms with van der Waals surface area (Å²) in [6.45, 7) is 4.42. The molecule has 0 aliphatic heterocycles. The molecule has 9 heteroatoms. The third kappa shape index (κ3) is 4.35. The first-order valence-corrected chi connectivity index (χ1v) is 13.4. The lowest BCUT2D eigenvalue weighted by atomic mass is 9.54. The van der Waals surface area contributed by atoms with E-state index in [1.807, 2.05) is 0 Å². The smallest absolute Gasteiger partial charge is 0.250 e. The number of halogens is 2. The summed E-state index contributed by atoms with van der Waals surface area (Å²) in [5.74, 6) is 0.123. The Bertz CT molecular complexity index is 1350. The summed E-state index contributed by atoms with van der Waals surface area (Å²) in [5.41, 5.74) is 1.33. The Morgan fingerprint density at radius 3 is 2.53 bits per heavy atom. The SMILES string of the molecule is COc1ncc(-c2ccc(-c3ncc(N(C4CC4)[C@@H]4C[C@@]5(C)CCC[C@](C)(C5)[C@@H]4F)nn3)c(O)c2)cc1F. The molecular formula is C29H33F2N5O2. The van der Waals surface area contributed by atoms with Gasteiger partial charge in [-0.25, -0.2) is 18.7 Å². The lowest BCUT2D eigenvalue weighted by molar-refractivity contribution is -0.0554. The number of aromatic hydroxyl groups is 1. The molecule has 3 aliphatic carbocycles. The molecule has 3 aliphatic rings. The molecule has 38 heavy (non-hydrogen) atoms. The predicted molar refractivity (Wildman–Crippen MR) is 140 cm³/mol. The average Bonchev–Trinajstić information content (AvgIpc) is 3.73. The molecule has 2 bridgehead atoms. The highest BCUT2D eigenvalue weighted by molar-refractivity contribution is 5.72. The number of rotatable bonds is 6. The van der Waals surface area contributed by atoms with Gasteiger partial charge < -0.3 is 14.7 Å². The van der Waals surface area contributed by atoms with E-state index < -0.39 is 12.0 Å². The number of alkyl halides is 1. The monoisotopic (exact) mass is 521 g/mol. The summed E-state index contributed by atoms with van der Waals surface area (Å²) in [4.78, 5) is 10.6. The van der Waals surface area contributed by atoms with Gasteiger partial charge in [-0.1, -0.05) is 26.3 Å².